The number of carbonyl (C=O) groups excluding carboxylic acids is 2. The fraction of sp³-hybridized carbons (Fsp3) is 0.241. The van der Waals surface area contributed by atoms with Crippen molar-refractivity contribution in [3.8, 4) is 22.8 Å². The minimum absolute atomic E-state index is 0.0590. The molecule has 2 amide bonds. The zero-order chi connectivity index (χ0) is 27.0. The molecule has 0 saturated carbocycles. The normalized spacial score (nSPS) is 19.4. The molecule has 1 saturated heterocycles. The lowest BCUT2D eigenvalue weighted by Crippen LogP contribution is -2.60. The lowest BCUT2D eigenvalue weighted by molar-refractivity contribution is -0.147. The molecule has 2 aromatic heterocycles. The molecule has 5 rings (SSSR count). The summed E-state index contributed by atoms with van der Waals surface area (Å²) in [6.45, 7) is 9.53. The minimum Gasteiger partial charge on any atom is -0.457 e. The van der Waals surface area contributed by atoms with E-state index in [1.54, 1.807) is 29.1 Å². The van der Waals surface area contributed by atoms with Gasteiger partial charge in [0.05, 0.1) is 6.04 Å². The summed E-state index contributed by atoms with van der Waals surface area (Å²) in [6, 6.07) is 16.0. The zero-order valence-corrected chi connectivity index (χ0v) is 21.6. The highest BCUT2D eigenvalue weighted by atomic mass is 16.5. The van der Waals surface area contributed by atoms with Gasteiger partial charge < -0.3 is 20.3 Å². The van der Waals surface area contributed by atoms with E-state index in [0.29, 0.717) is 35.1 Å². The fourth-order valence-electron chi connectivity index (χ4n) is 5.23. The van der Waals surface area contributed by atoms with Crippen LogP contribution in [0, 0.1) is 0 Å². The third-order valence-corrected chi connectivity index (χ3v) is 7.00. The molecule has 194 valence electrons. The van der Waals surface area contributed by atoms with Gasteiger partial charge in [0.15, 0.2) is 0 Å². The monoisotopic (exact) mass is 510 g/mol. The maximum atomic E-state index is 13.1. The third-order valence-electron chi connectivity index (χ3n) is 7.00. The summed E-state index contributed by atoms with van der Waals surface area (Å²) in [5, 5.41) is 0. The van der Waals surface area contributed by atoms with E-state index in [-0.39, 0.29) is 23.9 Å². The molecule has 3 heterocycles. The minimum atomic E-state index is -0.531. The van der Waals surface area contributed by atoms with Crippen LogP contribution in [0.15, 0.2) is 79.6 Å². The van der Waals surface area contributed by atoms with E-state index in [4.69, 9.17) is 15.5 Å². The predicted octanol–water partition coefficient (Wildman–Crippen LogP) is 4.47. The van der Waals surface area contributed by atoms with Gasteiger partial charge in [0, 0.05) is 37.5 Å². The van der Waals surface area contributed by atoms with Crippen molar-refractivity contribution in [3.63, 3.8) is 0 Å². The lowest BCUT2D eigenvalue weighted by atomic mass is 9.97. The van der Waals surface area contributed by atoms with Gasteiger partial charge in [0.25, 0.3) is 0 Å². The number of benzene rings is 2. The number of imidazole rings is 1. The van der Waals surface area contributed by atoms with Crippen LogP contribution in [0.5, 0.6) is 11.5 Å². The second kappa shape index (κ2) is 10.0. The molecule has 0 aliphatic carbocycles. The van der Waals surface area contributed by atoms with Gasteiger partial charge in [-0.2, -0.15) is 0 Å². The molecule has 2 N–H and O–H groups in total. The van der Waals surface area contributed by atoms with E-state index in [9.17, 15) is 9.59 Å². The van der Waals surface area contributed by atoms with Crippen molar-refractivity contribution >= 4 is 23.1 Å². The number of ether oxygens (including phenoxy) is 1. The Bertz CT molecular complexity index is 1500. The van der Waals surface area contributed by atoms with Crippen LogP contribution >= 0.6 is 0 Å². The number of carbonyl (C=O) groups is 2. The van der Waals surface area contributed by atoms with Gasteiger partial charge in [0.1, 0.15) is 40.4 Å². The largest absolute Gasteiger partial charge is 0.457 e. The first-order valence-electron chi connectivity index (χ1n) is 12.5. The van der Waals surface area contributed by atoms with Crippen molar-refractivity contribution < 1.29 is 14.3 Å². The second-order valence-electron chi connectivity index (χ2n) is 9.44. The van der Waals surface area contributed by atoms with Gasteiger partial charge in [-0.15, -0.1) is 0 Å². The maximum Gasteiger partial charge on any atom is 0.246 e. The molecule has 1 fully saturated rings. The van der Waals surface area contributed by atoms with Crippen molar-refractivity contribution in [2.75, 3.05) is 12.3 Å². The highest BCUT2D eigenvalue weighted by molar-refractivity contribution is 5.89. The third kappa shape index (κ3) is 4.36. The van der Waals surface area contributed by atoms with Crippen LogP contribution in [0.1, 0.15) is 32.6 Å². The topological polar surface area (TPSA) is 106 Å². The number of anilines is 1. The van der Waals surface area contributed by atoms with Crippen molar-refractivity contribution in [3.05, 3.63) is 85.5 Å². The SMILES string of the molecule is C=CC(=O)N1C(c2nc(-c3ccc(Oc4ccccc4)cc3)c3c(N)nccn23)[C@H](C)N(C(C)=O)C[C@@H]1C. The molecule has 9 nitrogen and oxygen atoms in total. The van der Waals surface area contributed by atoms with Crippen LogP contribution < -0.4 is 10.5 Å². The first kappa shape index (κ1) is 25.0. The summed E-state index contributed by atoms with van der Waals surface area (Å²) in [4.78, 5) is 38.5. The Labute approximate surface area is 221 Å². The van der Waals surface area contributed by atoms with E-state index in [1.807, 2.05) is 72.8 Å². The molecule has 3 atom stereocenters. The van der Waals surface area contributed by atoms with Crippen molar-refractivity contribution in [1.82, 2.24) is 24.2 Å². The average molecular weight is 511 g/mol. The quantitative estimate of drug-likeness (QED) is 0.397. The second-order valence-corrected chi connectivity index (χ2v) is 9.44. The van der Waals surface area contributed by atoms with Crippen molar-refractivity contribution in [2.24, 2.45) is 0 Å². The van der Waals surface area contributed by atoms with Gasteiger partial charge in [0.2, 0.25) is 11.8 Å². The van der Waals surface area contributed by atoms with E-state index >= 15 is 0 Å². The van der Waals surface area contributed by atoms with Gasteiger partial charge in [-0.3, -0.25) is 14.0 Å². The average Bonchev–Trinajstić information content (AvgIpc) is 3.30. The fourth-order valence-corrected chi connectivity index (χ4v) is 5.23. The zero-order valence-electron chi connectivity index (χ0n) is 21.6. The number of nitrogens with zero attached hydrogens (tertiary/aromatic N) is 5. The molecule has 9 heteroatoms. The highest BCUT2D eigenvalue weighted by Crippen LogP contribution is 2.38. The number of nitrogens with two attached hydrogens (primary N) is 1. The van der Waals surface area contributed by atoms with Gasteiger partial charge in [-0.05, 0) is 56.3 Å². The Kier molecular flexibility index (Phi) is 6.59. The molecule has 4 aromatic rings. The number of aromatic nitrogens is 3. The van der Waals surface area contributed by atoms with E-state index in [2.05, 4.69) is 11.6 Å². The predicted molar refractivity (Wildman–Crippen MR) is 145 cm³/mol. The number of nitrogen functional groups attached to an aromatic ring is 1. The first-order valence-corrected chi connectivity index (χ1v) is 12.5. The van der Waals surface area contributed by atoms with Crippen LogP contribution in [-0.4, -0.2) is 54.6 Å². The number of fused-ring (bicyclic) bond motifs is 1. The summed E-state index contributed by atoms with van der Waals surface area (Å²) < 4.78 is 7.81. The van der Waals surface area contributed by atoms with Gasteiger partial charge in [-0.25, -0.2) is 9.97 Å². The molecule has 1 unspecified atom stereocenters. The van der Waals surface area contributed by atoms with Crippen LogP contribution in [0.2, 0.25) is 0 Å². The number of hydrogen-bond acceptors (Lipinski definition) is 6. The Morgan fingerprint density at radius 2 is 1.76 bits per heavy atom. The Hall–Kier alpha value is -4.66. The Morgan fingerprint density at radius 1 is 1.08 bits per heavy atom. The molecule has 0 bridgehead atoms. The molecule has 2 aromatic carbocycles. The Morgan fingerprint density at radius 3 is 2.42 bits per heavy atom. The number of para-hydroxylation sites is 1. The van der Waals surface area contributed by atoms with Gasteiger partial charge in [-0.1, -0.05) is 24.8 Å². The molecular formula is C29H30N6O3. The highest BCUT2D eigenvalue weighted by Gasteiger charge is 2.44. The van der Waals surface area contributed by atoms with E-state index < -0.39 is 6.04 Å². The van der Waals surface area contributed by atoms with Crippen LogP contribution in [0.4, 0.5) is 5.82 Å². The summed E-state index contributed by atoms with van der Waals surface area (Å²) >= 11 is 0. The molecule has 0 spiro atoms. The van der Waals surface area contributed by atoms with Gasteiger partial charge >= 0.3 is 0 Å². The smallest absolute Gasteiger partial charge is 0.246 e. The lowest BCUT2D eigenvalue weighted by Gasteiger charge is -2.48. The first-order chi connectivity index (χ1) is 18.3. The van der Waals surface area contributed by atoms with Crippen LogP contribution in [0.25, 0.3) is 16.8 Å². The van der Waals surface area contributed by atoms with E-state index in [1.165, 1.54) is 6.08 Å². The number of rotatable bonds is 5. The molecule has 0 radical (unpaired) electrons. The van der Waals surface area contributed by atoms with Crippen LogP contribution in [-0.2, 0) is 9.59 Å². The number of hydrogen-bond donors (Lipinski definition) is 1. The van der Waals surface area contributed by atoms with Crippen LogP contribution in [0.3, 0.4) is 0 Å². The summed E-state index contributed by atoms with van der Waals surface area (Å²) in [5.74, 6) is 2.05. The molecule has 1 aliphatic rings. The number of amides is 2. The summed E-state index contributed by atoms with van der Waals surface area (Å²) in [7, 11) is 0. The summed E-state index contributed by atoms with van der Waals surface area (Å²) in [5.41, 5.74) is 8.44. The molecular weight excluding hydrogens is 480 g/mol. The standard InChI is InChI=1S/C29H30N6O3/c1-5-24(37)35-18(2)17-34(20(4)36)19(3)26(35)29-32-25(27-28(30)31-15-16-33(27)29)21-11-13-23(14-12-21)38-22-9-7-6-8-10-22/h5-16,18-19,26H,1,17H2,2-4H3,(H2,30,31)/t18-,19-,26?/m0/s1. The Balaban J connectivity index is 1.62. The maximum absolute atomic E-state index is 13.1. The number of piperazine rings is 1. The summed E-state index contributed by atoms with van der Waals surface area (Å²) in [6.07, 6.45) is 4.69. The molecule has 38 heavy (non-hydrogen) atoms. The van der Waals surface area contributed by atoms with E-state index in [0.717, 1.165) is 11.3 Å². The molecule has 1 aliphatic heterocycles. The van der Waals surface area contributed by atoms with Crippen molar-refractivity contribution in [1.29, 1.82) is 0 Å². The van der Waals surface area contributed by atoms with Crippen molar-refractivity contribution in [2.45, 2.75) is 38.9 Å².